The minimum atomic E-state index is 0.483. The molecule has 0 saturated carbocycles. The molecular weight excluding hydrogens is 985 g/mol. The van der Waals surface area contributed by atoms with Crippen LogP contribution >= 0.6 is 0 Å². The molecule has 0 aliphatic carbocycles. The van der Waals surface area contributed by atoms with Crippen molar-refractivity contribution >= 4 is 0 Å². The number of hydrogen-bond donors (Lipinski definition) is 0. The van der Waals surface area contributed by atoms with Gasteiger partial charge in [0.15, 0.2) is 0 Å². The van der Waals surface area contributed by atoms with Gasteiger partial charge in [0.05, 0.1) is 0 Å². The number of unbranched alkanes of at least 4 members (excludes halogenated alkanes) is 6. The van der Waals surface area contributed by atoms with Crippen LogP contribution in [0.3, 0.4) is 0 Å². The Hall–Kier alpha value is -0.240. The first-order chi connectivity index (χ1) is 38.0. The Morgan fingerprint density at radius 3 is 0.642 bits per heavy atom. The molecule has 0 atom stereocenters. The zero-order valence-corrected chi connectivity index (χ0v) is 59.7. The Kier molecular flexibility index (Phi) is 43.8. The zero-order valence-electron chi connectivity index (χ0n) is 59.7. The summed E-state index contributed by atoms with van der Waals surface area (Å²) in [4.78, 5) is 15.8. The van der Waals surface area contributed by atoms with Gasteiger partial charge in [-0.1, -0.05) is 202 Å². The first kappa shape index (κ1) is 78.8. The highest BCUT2D eigenvalue weighted by Crippen LogP contribution is 2.26. The maximum atomic E-state index is 2.66. The van der Waals surface area contributed by atoms with Gasteiger partial charge in [-0.3, -0.25) is 0 Å². The third kappa shape index (κ3) is 56.1. The molecule has 6 rings (SSSR count). The topological polar surface area (TPSA) is 19.4 Å². The van der Waals surface area contributed by atoms with Gasteiger partial charge in [-0.05, 0) is 279 Å². The molecule has 6 aliphatic heterocycles. The van der Waals surface area contributed by atoms with Crippen molar-refractivity contribution in [2.24, 2.45) is 32.5 Å². The fourth-order valence-electron chi connectivity index (χ4n) is 12.5. The third-order valence-electron chi connectivity index (χ3n) is 17.7. The standard InChI is InChI=1S/C15H31N.C14H29N.C13H27N.C12H25N.C11H23N.C10H21N/c1-15(2,3)11-7-4-5-8-12-16-13-9-6-10-14-16;1-14(2,3)10-6-4-7-11-15-12-8-5-9-13-15;1-13(2,3)9-5-8-12-14-10-6-4-7-11-14;1-12(2,3)8-7-11-13-9-5-4-6-10-13;1-11(2,3)7-10-12-8-5-4-6-9-12;1-10(2,3)9-11-7-5-4-6-8-11/h4-14H2,1-3H3;4-13H2,1-3H3;4-12H2,1-3H3;4-11H2,1-3H3;4-10H2,1-3H3;4-9H2,1-3H3. The molecule has 6 fully saturated rings. The molecule has 0 aromatic rings. The van der Waals surface area contributed by atoms with Crippen LogP contribution in [0.25, 0.3) is 0 Å². The van der Waals surface area contributed by atoms with Gasteiger partial charge in [-0.15, -0.1) is 0 Å². The summed E-state index contributed by atoms with van der Waals surface area (Å²) in [6.07, 6.45) is 46.8. The predicted molar refractivity (Wildman–Crippen MR) is 368 cm³/mol. The van der Waals surface area contributed by atoms with E-state index in [4.69, 9.17) is 0 Å². The van der Waals surface area contributed by atoms with E-state index in [0.717, 1.165) is 0 Å². The van der Waals surface area contributed by atoms with Crippen LogP contribution in [0, 0.1) is 32.5 Å². The predicted octanol–water partition coefficient (Wildman–Crippen LogP) is 21.0. The molecule has 81 heavy (non-hydrogen) atoms. The smallest absolute Gasteiger partial charge is 0.00300 e. The summed E-state index contributed by atoms with van der Waals surface area (Å²) in [7, 11) is 0. The summed E-state index contributed by atoms with van der Waals surface area (Å²) in [5, 5.41) is 0. The van der Waals surface area contributed by atoms with Gasteiger partial charge in [0, 0.05) is 6.54 Å². The molecule has 0 N–H and O–H groups in total. The van der Waals surface area contributed by atoms with E-state index in [1.807, 2.05) is 0 Å². The van der Waals surface area contributed by atoms with Gasteiger partial charge < -0.3 is 29.4 Å². The summed E-state index contributed by atoms with van der Waals surface area (Å²) in [5.74, 6) is 0. The second-order valence-electron chi connectivity index (χ2n) is 34.5. The van der Waals surface area contributed by atoms with Crippen LogP contribution < -0.4 is 0 Å². The number of hydrogen-bond acceptors (Lipinski definition) is 6. The van der Waals surface area contributed by atoms with E-state index in [9.17, 15) is 0 Å². The zero-order chi connectivity index (χ0) is 60.5. The van der Waals surface area contributed by atoms with Crippen LogP contribution in [0.5, 0.6) is 0 Å². The summed E-state index contributed by atoms with van der Waals surface area (Å²) >= 11 is 0. The first-order valence-electron chi connectivity index (χ1n) is 36.3. The average Bonchev–Trinajstić information content (AvgIpc) is 3.39. The van der Waals surface area contributed by atoms with Crippen molar-refractivity contribution < 1.29 is 0 Å². The van der Waals surface area contributed by atoms with Crippen molar-refractivity contribution in [1.82, 2.24) is 29.4 Å². The lowest BCUT2D eigenvalue weighted by Gasteiger charge is -2.32. The van der Waals surface area contributed by atoms with Crippen molar-refractivity contribution in [1.29, 1.82) is 0 Å². The molecule has 6 heterocycles. The van der Waals surface area contributed by atoms with E-state index < -0.39 is 0 Å². The van der Waals surface area contributed by atoms with Crippen LogP contribution in [-0.2, 0) is 0 Å². The van der Waals surface area contributed by atoms with Gasteiger partial charge in [0.1, 0.15) is 0 Å². The average molecular weight is 1140 g/mol. The quantitative estimate of drug-likeness (QED) is 0.106. The minimum absolute atomic E-state index is 0.483. The maximum absolute atomic E-state index is 2.66. The van der Waals surface area contributed by atoms with Crippen molar-refractivity contribution in [2.75, 3.05) is 118 Å². The highest BCUT2D eigenvalue weighted by atomic mass is 15.1. The molecule has 6 aliphatic rings. The molecule has 486 valence electrons. The van der Waals surface area contributed by atoms with E-state index in [1.54, 1.807) is 0 Å². The summed E-state index contributed by atoms with van der Waals surface area (Å²) < 4.78 is 0. The maximum Gasteiger partial charge on any atom is 0.00300 e. The molecule has 6 heteroatoms. The van der Waals surface area contributed by atoms with E-state index >= 15 is 0 Å². The van der Waals surface area contributed by atoms with E-state index in [0.29, 0.717) is 32.5 Å². The Balaban J connectivity index is 0.000000488. The molecule has 0 spiro atoms. The number of likely N-dealkylation sites (tertiary alicyclic amines) is 6. The number of rotatable bonds is 21. The normalized spacial score (nSPS) is 20.2. The van der Waals surface area contributed by atoms with Gasteiger partial charge >= 0.3 is 0 Å². The SMILES string of the molecule is CC(C)(C)CCCCCCN1CCCCC1.CC(C)(C)CCCCCN1CCCCC1.CC(C)(C)CCCCN1CCCCC1.CC(C)(C)CCCN1CCCCC1.CC(C)(C)CCN1CCCCC1.CC(C)(C)CN1CCCCC1. The number of piperidine rings is 6. The van der Waals surface area contributed by atoms with Gasteiger partial charge in [0.2, 0.25) is 0 Å². The fraction of sp³-hybridized carbons (Fsp3) is 1.00. The lowest BCUT2D eigenvalue weighted by molar-refractivity contribution is 0.164. The largest absolute Gasteiger partial charge is 0.303 e. The van der Waals surface area contributed by atoms with Crippen molar-refractivity contribution in [2.45, 2.75) is 337 Å². The lowest BCUT2D eigenvalue weighted by atomic mass is 9.89. The van der Waals surface area contributed by atoms with Crippen molar-refractivity contribution in [3.63, 3.8) is 0 Å². The van der Waals surface area contributed by atoms with Crippen LogP contribution in [0.1, 0.15) is 337 Å². The second kappa shape index (κ2) is 45.1. The molecule has 0 unspecified atom stereocenters. The van der Waals surface area contributed by atoms with Crippen LogP contribution in [0.2, 0.25) is 0 Å². The van der Waals surface area contributed by atoms with Crippen LogP contribution in [-0.4, -0.2) is 147 Å². The molecule has 0 bridgehead atoms. The first-order valence-corrected chi connectivity index (χ1v) is 36.3. The summed E-state index contributed by atoms with van der Waals surface area (Å²) in [6, 6.07) is 0. The Labute approximate surface area is 513 Å². The molecular formula is C75H156N6. The number of nitrogens with zero attached hydrogens (tertiary/aromatic N) is 6. The molecule has 6 saturated heterocycles. The second-order valence-corrected chi connectivity index (χ2v) is 34.5. The molecule has 6 nitrogen and oxygen atoms in total. The van der Waals surface area contributed by atoms with Gasteiger partial charge in [0.25, 0.3) is 0 Å². The lowest BCUT2D eigenvalue weighted by Crippen LogP contribution is -2.36. The molecule has 0 radical (unpaired) electrons. The third-order valence-corrected chi connectivity index (χ3v) is 17.7. The highest BCUT2D eigenvalue weighted by molar-refractivity contribution is 4.74. The van der Waals surface area contributed by atoms with Crippen LogP contribution in [0.15, 0.2) is 0 Å². The fourth-order valence-corrected chi connectivity index (χ4v) is 12.5. The Morgan fingerprint density at radius 2 is 0.370 bits per heavy atom. The van der Waals surface area contributed by atoms with Gasteiger partial charge in [-0.2, -0.15) is 0 Å². The van der Waals surface area contributed by atoms with Gasteiger partial charge in [-0.25, -0.2) is 0 Å². The Morgan fingerprint density at radius 1 is 0.173 bits per heavy atom. The minimum Gasteiger partial charge on any atom is -0.303 e. The van der Waals surface area contributed by atoms with E-state index in [2.05, 4.69) is 154 Å². The molecule has 0 aromatic carbocycles. The molecule has 0 amide bonds. The van der Waals surface area contributed by atoms with Crippen molar-refractivity contribution in [3.8, 4) is 0 Å². The van der Waals surface area contributed by atoms with Crippen LogP contribution in [0.4, 0.5) is 0 Å². The monoisotopic (exact) mass is 1140 g/mol. The summed E-state index contributed by atoms with van der Waals surface area (Å²) in [6.45, 7) is 66.2. The summed E-state index contributed by atoms with van der Waals surface area (Å²) in [5.41, 5.74) is 3.12. The van der Waals surface area contributed by atoms with E-state index in [1.165, 1.54) is 330 Å². The molecule has 0 aromatic heterocycles. The highest BCUT2D eigenvalue weighted by Gasteiger charge is 2.20. The van der Waals surface area contributed by atoms with Crippen molar-refractivity contribution in [3.05, 3.63) is 0 Å². The van der Waals surface area contributed by atoms with E-state index in [-0.39, 0.29) is 0 Å². The Bertz CT molecular complexity index is 1350.